The number of carbonyl (C=O) groups is 3. The first-order valence-corrected chi connectivity index (χ1v) is 13.8. The van der Waals surface area contributed by atoms with Crippen molar-refractivity contribution in [3.05, 3.63) is 83.9 Å². The molecule has 0 saturated heterocycles. The Morgan fingerprint density at radius 2 is 1.54 bits per heavy atom. The zero-order valence-corrected chi connectivity index (χ0v) is 21.2. The van der Waals surface area contributed by atoms with Crippen molar-refractivity contribution in [2.24, 2.45) is 0 Å². The molecule has 0 heterocycles. The lowest BCUT2D eigenvalue weighted by Crippen LogP contribution is -2.53. The average Bonchev–Trinajstić information content (AvgIpc) is 2.89. The van der Waals surface area contributed by atoms with Crippen LogP contribution in [0.2, 0.25) is 0 Å². The highest BCUT2D eigenvalue weighted by Gasteiger charge is 2.28. The molecule has 3 N–H and O–H groups in total. The van der Waals surface area contributed by atoms with Crippen LogP contribution in [-0.2, 0) is 37.2 Å². The molecular weight excluding hydrogens is 496 g/mol. The van der Waals surface area contributed by atoms with Crippen LogP contribution in [0, 0.1) is 0 Å². The molecule has 196 valence electrons. The summed E-state index contributed by atoms with van der Waals surface area (Å²) in [6, 6.07) is 20.0. The van der Waals surface area contributed by atoms with E-state index in [0.717, 1.165) is 28.2 Å². The van der Waals surface area contributed by atoms with Gasteiger partial charge in [0, 0.05) is 12.7 Å². The lowest BCUT2D eigenvalue weighted by molar-refractivity contribution is -0.130. The molecule has 37 heavy (non-hydrogen) atoms. The minimum absolute atomic E-state index is 0.00301. The maximum absolute atomic E-state index is 13.2. The Morgan fingerprint density at radius 1 is 0.865 bits per heavy atom. The van der Waals surface area contributed by atoms with Gasteiger partial charge < -0.3 is 20.5 Å². The number of benzene rings is 3. The molecule has 0 spiro atoms. The van der Waals surface area contributed by atoms with E-state index in [1.54, 1.807) is 24.3 Å². The molecule has 3 aromatic rings. The van der Waals surface area contributed by atoms with E-state index in [0.29, 0.717) is 0 Å². The number of alkyl carbamates (subject to hydrolysis) is 1. The Labute approximate surface area is 215 Å². The number of fused-ring (bicyclic) bond motifs is 1. The minimum Gasteiger partial charge on any atom is -0.445 e. The minimum atomic E-state index is -3.41. The largest absolute Gasteiger partial charge is 0.445 e. The van der Waals surface area contributed by atoms with Gasteiger partial charge in [0.2, 0.25) is 5.91 Å². The van der Waals surface area contributed by atoms with Gasteiger partial charge in [-0.25, -0.2) is 13.2 Å². The van der Waals surface area contributed by atoms with Crippen LogP contribution in [0.4, 0.5) is 4.79 Å². The molecule has 3 rings (SSSR count). The monoisotopic (exact) mass is 526 g/mol. The number of hydrogen-bond acceptors (Lipinski definition) is 7. The van der Waals surface area contributed by atoms with E-state index in [9.17, 15) is 27.9 Å². The van der Waals surface area contributed by atoms with Crippen LogP contribution in [-0.4, -0.2) is 62.0 Å². The van der Waals surface area contributed by atoms with Gasteiger partial charge in [0.1, 0.15) is 29.1 Å². The normalized spacial score (nSPS) is 12.9. The Hall–Kier alpha value is -3.76. The summed E-state index contributed by atoms with van der Waals surface area (Å²) in [6.45, 7) is -0.867. The lowest BCUT2D eigenvalue weighted by Gasteiger charge is -2.22. The number of hydrogen-bond donors (Lipinski definition) is 3. The molecule has 0 radical (unpaired) electrons. The van der Waals surface area contributed by atoms with E-state index in [1.807, 2.05) is 48.5 Å². The molecule has 0 saturated carbocycles. The summed E-state index contributed by atoms with van der Waals surface area (Å²) in [4.78, 5) is 38.0. The van der Waals surface area contributed by atoms with E-state index in [-0.39, 0.29) is 25.2 Å². The Morgan fingerprint density at radius 3 is 2.22 bits per heavy atom. The summed E-state index contributed by atoms with van der Waals surface area (Å²) in [5, 5.41) is 16.3. The van der Waals surface area contributed by atoms with Crippen LogP contribution in [0.15, 0.2) is 72.8 Å². The van der Waals surface area contributed by atoms with Crippen LogP contribution in [0.25, 0.3) is 10.8 Å². The number of aliphatic hydroxyl groups excluding tert-OH is 1. The molecule has 3 aromatic carbocycles. The van der Waals surface area contributed by atoms with Gasteiger partial charge in [0.25, 0.3) is 0 Å². The first-order valence-electron chi connectivity index (χ1n) is 11.7. The van der Waals surface area contributed by atoms with E-state index >= 15 is 0 Å². The first-order chi connectivity index (χ1) is 17.6. The Balaban J connectivity index is 1.77. The second kappa shape index (κ2) is 13.0. The summed E-state index contributed by atoms with van der Waals surface area (Å²) in [7, 11) is -3.41. The summed E-state index contributed by atoms with van der Waals surface area (Å²) < 4.78 is 28.4. The van der Waals surface area contributed by atoms with Crippen LogP contribution in [0.1, 0.15) is 17.5 Å². The number of amides is 2. The topological polar surface area (TPSA) is 139 Å². The highest BCUT2D eigenvalue weighted by atomic mass is 32.2. The number of rotatable bonds is 12. The fraction of sp³-hybridized carbons (Fsp3) is 0.296. The molecule has 0 aliphatic carbocycles. The number of ether oxygens (including phenoxy) is 1. The zero-order valence-electron chi connectivity index (χ0n) is 20.4. The van der Waals surface area contributed by atoms with Crippen molar-refractivity contribution in [1.82, 2.24) is 10.6 Å². The molecule has 10 heteroatoms. The van der Waals surface area contributed by atoms with E-state index < -0.39 is 46.3 Å². The first kappa shape index (κ1) is 27.8. The SMILES string of the molecule is CS(=O)(=O)CCC(NC(=O)C(Cc1ccc2ccccc2c1)NC(=O)OCc1ccccc1)C(=O)CO. The molecule has 9 nitrogen and oxygen atoms in total. The Bertz CT molecular complexity index is 1340. The van der Waals surface area contributed by atoms with Crippen molar-refractivity contribution < 1.29 is 32.6 Å². The Kier molecular flexibility index (Phi) is 9.76. The van der Waals surface area contributed by atoms with Gasteiger partial charge in [-0.2, -0.15) is 0 Å². The highest BCUT2D eigenvalue weighted by Crippen LogP contribution is 2.17. The second-order valence-electron chi connectivity index (χ2n) is 8.75. The van der Waals surface area contributed by atoms with Gasteiger partial charge >= 0.3 is 6.09 Å². The van der Waals surface area contributed by atoms with Crippen LogP contribution in [0.3, 0.4) is 0 Å². The predicted octanol–water partition coefficient (Wildman–Crippen LogP) is 2.16. The zero-order chi connectivity index (χ0) is 26.8. The predicted molar refractivity (Wildman–Crippen MR) is 140 cm³/mol. The fourth-order valence-corrected chi connectivity index (χ4v) is 4.41. The van der Waals surface area contributed by atoms with Crippen LogP contribution >= 0.6 is 0 Å². The number of sulfone groups is 1. The molecule has 2 atom stereocenters. The van der Waals surface area contributed by atoms with E-state index in [1.165, 1.54) is 0 Å². The molecule has 0 aromatic heterocycles. The van der Waals surface area contributed by atoms with Crippen LogP contribution in [0.5, 0.6) is 0 Å². The number of aliphatic hydroxyl groups is 1. The van der Waals surface area contributed by atoms with E-state index in [4.69, 9.17) is 4.74 Å². The van der Waals surface area contributed by atoms with Gasteiger partial charge in [-0.1, -0.05) is 72.8 Å². The summed E-state index contributed by atoms with van der Waals surface area (Å²) in [5.74, 6) is -1.79. The van der Waals surface area contributed by atoms with Gasteiger partial charge in [0.15, 0.2) is 5.78 Å². The van der Waals surface area contributed by atoms with Gasteiger partial charge in [0.05, 0.1) is 11.8 Å². The summed E-state index contributed by atoms with van der Waals surface area (Å²) in [6.07, 6.45) is 0.0715. The standard InChI is InChI=1S/C27H30N2O7S/c1-37(34,35)14-13-23(25(31)17-30)28-26(32)24(29-27(33)36-18-19-7-3-2-4-8-19)16-20-11-12-21-9-5-6-10-22(21)15-20/h2-12,15,23-24,30H,13-14,16-18H2,1H3,(H,28,32)(H,29,33). The third-order valence-electron chi connectivity index (χ3n) is 5.71. The molecule has 0 aliphatic rings. The third kappa shape index (κ3) is 9.00. The number of Topliss-reactive ketones (excluding diaryl/α,β-unsaturated/α-hetero) is 1. The van der Waals surface area contributed by atoms with Crippen molar-refractivity contribution in [2.75, 3.05) is 18.6 Å². The number of ketones is 1. The fourth-order valence-electron chi connectivity index (χ4n) is 3.75. The molecule has 0 aliphatic heterocycles. The highest BCUT2D eigenvalue weighted by molar-refractivity contribution is 7.90. The number of nitrogens with one attached hydrogen (secondary N) is 2. The molecule has 2 unspecified atom stereocenters. The lowest BCUT2D eigenvalue weighted by atomic mass is 10.0. The maximum Gasteiger partial charge on any atom is 0.408 e. The average molecular weight is 527 g/mol. The maximum atomic E-state index is 13.2. The van der Waals surface area contributed by atoms with Gasteiger partial charge in [-0.05, 0) is 28.3 Å². The van der Waals surface area contributed by atoms with Crippen molar-refractivity contribution in [3.63, 3.8) is 0 Å². The van der Waals surface area contributed by atoms with Crippen molar-refractivity contribution in [3.8, 4) is 0 Å². The smallest absolute Gasteiger partial charge is 0.408 e. The molecule has 0 bridgehead atoms. The molecule has 2 amide bonds. The summed E-state index contributed by atoms with van der Waals surface area (Å²) in [5.41, 5.74) is 1.52. The van der Waals surface area contributed by atoms with E-state index in [2.05, 4.69) is 10.6 Å². The number of carbonyl (C=O) groups excluding carboxylic acids is 3. The van der Waals surface area contributed by atoms with Gasteiger partial charge in [-0.3, -0.25) is 9.59 Å². The van der Waals surface area contributed by atoms with Gasteiger partial charge in [-0.15, -0.1) is 0 Å². The van der Waals surface area contributed by atoms with Crippen molar-refractivity contribution in [1.29, 1.82) is 0 Å². The van der Waals surface area contributed by atoms with Crippen molar-refractivity contribution in [2.45, 2.75) is 31.5 Å². The third-order valence-corrected chi connectivity index (χ3v) is 6.69. The van der Waals surface area contributed by atoms with Crippen molar-refractivity contribution >= 4 is 38.4 Å². The summed E-state index contributed by atoms with van der Waals surface area (Å²) >= 11 is 0. The molecule has 0 fully saturated rings. The van der Waals surface area contributed by atoms with Crippen LogP contribution < -0.4 is 10.6 Å². The molecular formula is C27H30N2O7S. The quantitative estimate of drug-likeness (QED) is 0.329. The second-order valence-corrected chi connectivity index (χ2v) is 11.0.